The summed E-state index contributed by atoms with van der Waals surface area (Å²) in [6.45, 7) is 1.18. The van der Waals surface area contributed by atoms with Crippen LogP contribution in [0.2, 0.25) is 0 Å². The Morgan fingerprint density at radius 1 is 1.28 bits per heavy atom. The molecule has 2 aliphatic heterocycles. The van der Waals surface area contributed by atoms with Crippen molar-refractivity contribution in [2.75, 3.05) is 13.6 Å². The van der Waals surface area contributed by atoms with Gasteiger partial charge in [-0.3, -0.25) is 4.90 Å². The maximum absolute atomic E-state index is 9.81. The fraction of sp³-hybridized carbons (Fsp3) is 0.600. The monoisotopic (exact) mass is 247 g/mol. The van der Waals surface area contributed by atoms with E-state index in [2.05, 4.69) is 11.9 Å². The van der Waals surface area contributed by atoms with Gasteiger partial charge in [0, 0.05) is 11.6 Å². The molecular formula is C15H21NO2. The van der Waals surface area contributed by atoms with E-state index >= 15 is 0 Å². The van der Waals surface area contributed by atoms with Gasteiger partial charge in [-0.05, 0) is 51.4 Å². The van der Waals surface area contributed by atoms with Crippen LogP contribution in [0.3, 0.4) is 0 Å². The van der Waals surface area contributed by atoms with Gasteiger partial charge in [-0.1, -0.05) is 12.5 Å². The number of rotatable bonds is 1. The summed E-state index contributed by atoms with van der Waals surface area (Å²) in [5.74, 6) is 1.26. The van der Waals surface area contributed by atoms with E-state index in [1.54, 1.807) is 6.07 Å². The first kappa shape index (κ1) is 11.8. The second-order valence-corrected chi connectivity index (χ2v) is 5.49. The van der Waals surface area contributed by atoms with Gasteiger partial charge in [-0.2, -0.15) is 0 Å². The number of phenolic OH excluding ortho intramolecular Hbond substituents is 1. The molecule has 1 saturated heterocycles. The van der Waals surface area contributed by atoms with Crippen molar-refractivity contribution in [2.24, 2.45) is 0 Å². The molecule has 3 nitrogen and oxygen atoms in total. The average molecular weight is 247 g/mol. The van der Waals surface area contributed by atoms with E-state index in [9.17, 15) is 5.11 Å². The van der Waals surface area contributed by atoms with Crippen LogP contribution in [0.4, 0.5) is 0 Å². The van der Waals surface area contributed by atoms with Gasteiger partial charge in [0.25, 0.3) is 0 Å². The molecule has 1 fully saturated rings. The molecule has 0 spiro atoms. The molecule has 0 bridgehead atoms. The Bertz CT molecular complexity index is 433. The quantitative estimate of drug-likeness (QED) is 0.828. The Balaban J connectivity index is 1.78. The van der Waals surface area contributed by atoms with Crippen molar-refractivity contribution in [3.05, 3.63) is 23.8 Å². The number of phenols is 1. The van der Waals surface area contributed by atoms with Crippen molar-refractivity contribution < 1.29 is 9.84 Å². The molecular weight excluding hydrogens is 226 g/mol. The fourth-order valence-electron chi connectivity index (χ4n) is 3.27. The molecule has 98 valence electrons. The van der Waals surface area contributed by atoms with Gasteiger partial charge in [0.15, 0.2) is 0 Å². The lowest BCUT2D eigenvalue weighted by atomic mass is 9.91. The van der Waals surface area contributed by atoms with Crippen LogP contribution in [-0.4, -0.2) is 35.7 Å². The Morgan fingerprint density at radius 2 is 2.17 bits per heavy atom. The number of hydrogen-bond donors (Lipinski definition) is 1. The SMILES string of the molecule is CN1CCCC[C@H]1[C@@H]1CCc2c(O)cccc2O1. The Hall–Kier alpha value is -1.22. The molecule has 0 saturated carbocycles. The summed E-state index contributed by atoms with van der Waals surface area (Å²) in [5.41, 5.74) is 0.979. The van der Waals surface area contributed by atoms with Crippen molar-refractivity contribution in [3.8, 4) is 11.5 Å². The maximum Gasteiger partial charge on any atom is 0.126 e. The summed E-state index contributed by atoms with van der Waals surface area (Å²) in [6.07, 6.45) is 6.06. The number of likely N-dealkylation sites (tertiary alicyclic amines) is 1. The lowest BCUT2D eigenvalue weighted by molar-refractivity contribution is 0.0443. The second kappa shape index (κ2) is 4.81. The highest BCUT2D eigenvalue weighted by atomic mass is 16.5. The molecule has 18 heavy (non-hydrogen) atoms. The molecule has 1 aromatic carbocycles. The number of ether oxygens (including phenoxy) is 1. The van der Waals surface area contributed by atoms with Crippen LogP contribution in [0.1, 0.15) is 31.2 Å². The van der Waals surface area contributed by atoms with Gasteiger partial charge in [0.2, 0.25) is 0 Å². The minimum atomic E-state index is 0.282. The van der Waals surface area contributed by atoms with Crippen molar-refractivity contribution in [2.45, 2.75) is 44.2 Å². The zero-order valence-electron chi connectivity index (χ0n) is 10.9. The van der Waals surface area contributed by atoms with Crippen LogP contribution in [0.25, 0.3) is 0 Å². The summed E-state index contributed by atoms with van der Waals surface area (Å²) in [6, 6.07) is 6.12. The van der Waals surface area contributed by atoms with E-state index in [-0.39, 0.29) is 6.10 Å². The van der Waals surface area contributed by atoms with Crippen molar-refractivity contribution in [1.82, 2.24) is 4.90 Å². The zero-order chi connectivity index (χ0) is 12.5. The third-order valence-electron chi connectivity index (χ3n) is 4.32. The van der Waals surface area contributed by atoms with Gasteiger partial charge >= 0.3 is 0 Å². The molecule has 0 unspecified atom stereocenters. The van der Waals surface area contributed by atoms with Gasteiger partial charge in [-0.25, -0.2) is 0 Å². The molecule has 0 aliphatic carbocycles. The van der Waals surface area contributed by atoms with Crippen LogP contribution in [0.5, 0.6) is 11.5 Å². The van der Waals surface area contributed by atoms with Crippen molar-refractivity contribution in [3.63, 3.8) is 0 Å². The Kier molecular flexibility index (Phi) is 3.16. The van der Waals surface area contributed by atoms with Crippen LogP contribution >= 0.6 is 0 Å². The molecule has 0 amide bonds. The predicted molar refractivity (Wildman–Crippen MR) is 71.1 cm³/mol. The average Bonchev–Trinajstić information content (AvgIpc) is 2.39. The number of hydrogen-bond acceptors (Lipinski definition) is 3. The minimum absolute atomic E-state index is 0.282. The molecule has 1 N–H and O–H groups in total. The lowest BCUT2D eigenvalue weighted by Gasteiger charge is -2.40. The van der Waals surface area contributed by atoms with Gasteiger partial charge in [-0.15, -0.1) is 0 Å². The number of likely N-dealkylation sites (N-methyl/N-ethyl adjacent to an activating group) is 1. The number of nitrogens with zero attached hydrogens (tertiary/aromatic N) is 1. The highest BCUT2D eigenvalue weighted by Crippen LogP contribution is 2.36. The molecule has 0 radical (unpaired) electrons. The van der Waals surface area contributed by atoms with E-state index in [1.807, 2.05) is 12.1 Å². The van der Waals surface area contributed by atoms with Crippen LogP contribution in [-0.2, 0) is 6.42 Å². The normalized spacial score (nSPS) is 28.5. The summed E-state index contributed by atoms with van der Waals surface area (Å²) < 4.78 is 6.12. The summed E-state index contributed by atoms with van der Waals surface area (Å²) in [7, 11) is 2.20. The van der Waals surface area contributed by atoms with Gasteiger partial charge < -0.3 is 9.84 Å². The first-order valence-corrected chi connectivity index (χ1v) is 6.93. The van der Waals surface area contributed by atoms with Crippen LogP contribution in [0, 0.1) is 0 Å². The summed E-state index contributed by atoms with van der Waals surface area (Å²) >= 11 is 0. The standard InChI is InChI=1S/C15H21NO2/c1-16-10-3-2-5-12(16)15-9-8-11-13(17)6-4-7-14(11)18-15/h4,6-7,12,15,17H,2-3,5,8-10H2,1H3/t12-,15-/m0/s1. The van der Waals surface area contributed by atoms with E-state index in [0.29, 0.717) is 11.8 Å². The maximum atomic E-state index is 9.81. The first-order chi connectivity index (χ1) is 8.75. The molecule has 2 atom stereocenters. The van der Waals surface area contributed by atoms with Crippen molar-refractivity contribution in [1.29, 1.82) is 0 Å². The molecule has 3 heteroatoms. The van der Waals surface area contributed by atoms with E-state index in [1.165, 1.54) is 25.8 Å². The number of piperidine rings is 1. The highest BCUT2D eigenvalue weighted by Gasteiger charge is 2.32. The fourth-order valence-corrected chi connectivity index (χ4v) is 3.27. The van der Waals surface area contributed by atoms with Gasteiger partial charge in [0.05, 0.1) is 0 Å². The van der Waals surface area contributed by atoms with E-state index < -0.39 is 0 Å². The Morgan fingerprint density at radius 3 is 3.00 bits per heavy atom. The zero-order valence-corrected chi connectivity index (χ0v) is 10.9. The molecule has 1 aromatic rings. The predicted octanol–water partition coefficient (Wildman–Crippen LogP) is 2.57. The summed E-state index contributed by atoms with van der Waals surface area (Å²) in [5, 5.41) is 9.81. The highest BCUT2D eigenvalue weighted by molar-refractivity contribution is 5.45. The summed E-state index contributed by atoms with van der Waals surface area (Å²) in [4.78, 5) is 2.43. The first-order valence-electron chi connectivity index (χ1n) is 6.93. The largest absolute Gasteiger partial charge is 0.508 e. The number of aromatic hydroxyl groups is 1. The second-order valence-electron chi connectivity index (χ2n) is 5.49. The van der Waals surface area contributed by atoms with Crippen molar-refractivity contribution >= 4 is 0 Å². The molecule has 0 aromatic heterocycles. The van der Waals surface area contributed by atoms with E-state index in [4.69, 9.17) is 4.74 Å². The Labute approximate surface area is 108 Å². The van der Waals surface area contributed by atoms with E-state index in [0.717, 1.165) is 24.2 Å². The topological polar surface area (TPSA) is 32.7 Å². The minimum Gasteiger partial charge on any atom is -0.508 e. The third kappa shape index (κ3) is 2.07. The molecule has 2 heterocycles. The van der Waals surface area contributed by atoms with Crippen LogP contribution in [0.15, 0.2) is 18.2 Å². The smallest absolute Gasteiger partial charge is 0.126 e. The number of benzene rings is 1. The third-order valence-corrected chi connectivity index (χ3v) is 4.32. The van der Waals surface area contributed by atoms with Gasteiger partial charge in [0.1, 0.15) is 17.6 Å². The molecule has 3 rings (SSSR count). The van der Waals surface area contributed by atoms with Crippen LogP contribution < -0.4 is 4.74 Å². The lowest BCUT2D eigenvalue weighted by Crippen LogP contribution is -2.48. The molecule has 2 aliphatic rings. The number of fused-ring (bicyclic) bond motifs is 1.